The zero-order chi connectivity index (χ0) is 7.72. The van der Waals surface area contributed by atoms with E-state index in [1.54, 1.807) is 6.92 Å². The number of hydrogen-bond donors (Lipinski definition) is 1. The Labute approximate surface area is 66.4 Å². The first kappa shape index (κ1) is 7.47. The van der Waals surface area contributed by atoms with E-state index in [0.29, 0.717) is 10.3 Å². The third kappa shape index (κ3) is 1.26. The van der Waals surface area contributed by atoms with Crippen LogP contribution in [0.1, 0.15) is 5.69 Å². The van der Waals surface area contributed by atoms with Gasteiger partial charge < -0.3 is 5.73 Å². The SMILES string of the molecule is Cc1nc(Br)cc(N)c1F. The van der Waals surface area contributed by atoms with Crippen LogP contribution in [0.4, 0.5) is 10.1 Å². The van der Waals surface area contributed by atoms with E-state index in [2.05, 4.69) is 20.9 Å². The highest BCUT2D eigenvalue weighted by atomic mass is 79.9. The Kier molecular flexibility index (Phi) is 1.89. The maximum atomic E-state index is 12.7. The number of nitrogens with zero attached hydrogens (tertiary/aromatic N) is 1. The van der Waals surface area contributed by atoms with Crippen LogP contribution in [0.15, 0.2) is 10.7 Å². The Morgan fingerprint density at radius 3 is 2.80 bits per heavy atom. The molecular weight excluding hydrogens is 199 g/mol. The molecule has 0 unspecified atom stereocenters. The molecule has 0 aliphatic carbocycles. The fourth-order valence-corrected chi connectivity index (χ4v) is 1.15. The first-order chi connectivity index (χ1) is 4.61. The number of halogens is 2. The van der Waals surface area contributed by atoms with Crippen LogP contribution in [0.3, 0.4) is 0 Å². The first-order valence-electron chi connectivity index (χ1n) is 2.69. The van der Waals surface area contributed by atoms with E-state index in [1.807, 2.05) is 0 Å². The quantitative estimate of drug-likeness (QED) is 0.656. The predicted molar refractivity (Wildman–Crippen MR) is 41.0 cm³/mol. The van der Waals surface area contributed by atoms with Crippen molar-refractivity contribution in [2.75, 3.05) is 5.73 Å². The molecule has 0 aliphatic rings. The van der Waals surface area contributed by atoms with Crippen LogP contribution in [-0.2, 0) is 0 Å². The van der Waals surface area contributed by atoms with Gasteiger partial charge in [0.2, 0.25) is 0 Å². The number of pyridine rings is 1. The summed E-state index contributed by atoms with van der Waals surface area (Å²) in [7, 11) is 0. The number of anilines is 1. The lowest BCUT2D eigenvalue weighted by Crippen LogP contribution is -1.96. The summed E-state index contributed by atoms with van der Waals surface area (Å²) in [5.41, 5.74) is 5.71. The van der Waals surface area contributed by atoms with E-state index in [0.717, 1.165) is 0 Å². The molecular formula is C6H6BrFN2. The van der Waals surface area contributed by atoms with Crippen molar-refractivity contribution in [2.24, 2.45) is 0 Å². The fraction of sp³-hybridized carbons (Fsp3) is 0.167. The molecule has 0 aromatic carbocycles. The van der Waals surface area contributed by atoms with Gasteiger partial charge in [0.05, 0.1) is 11.4 Å². The molecule has 0 radical (unpaired) electrons. The molecule has 0 bridgehead atoms. The van der Waals surface area contributed by atoms with Gasteiger partial charge in [-0.25, -0.2) is 9.37 Å². The second-order valence-corrected chi connectivity index (χ2v) is 2.75. The summed E-state index contributed by atoms with van der Waals surface area (Å²) in [5.74, 6) is -0.441. The molecule has 1 heterocycles. The third-order valence-corrected chi connectivity index (χ3v) is 1.53. The molecule has 4 heteroatoms. The summed E-state index contributed by atoms with van der Waals surface area (Å²) < 4.78 is 13.3. The molecule has 1 aromatic rings. The molecule has 1 aromatic heterocycles. The normalized spacial score (nSPS) is 9.90. The van der Waals surface area contributed by atoms with Crippen LogP contribution in [0.25, 0.3) is 0 Å². The molecule has 0 aliphatic heterocycles. The number of hydrogen-bond acceptors (Lipinski definition) is 2. The van der Waals surface area contributed by atoms with Gasteiger partial charge in [-0.15, -0.1) is 0 Å². The van der Waals surface area contributed by atoms with E-state index in [4.69, 9.17) is 5.73 Å². The minimum atomic E-state index is -0.441. The highest BCUT2D eigenvalue weighted by Gasteiger charge is 2.03. The van der Waals surface area contributed by atoms with Crippen LogP contribution in [0.5, 0.6) is 0 Å². The highest BCUT2D eigenvalue weighted by molar-refractivity contribution is 9.10. The van der Waals surface area contributed by atoms with E-state index in [9.17, 15) is 4.39 Å². The van der Waals surface area contributed by atoms with Gasteiger partial charge in [-0.2, -0.15) is 0 Å². The monoisotopic (exact) mass is 204 g/mol. The maximum absolute atomic E-state index is 12.7. The number of aromatic nitrogens is 1. The Morgan fingerprint density at radius 1 is 1.70 bits per heavy atom. The average Bonchev–Trinajstić information content (AvgIpc) is 1.82. The summed E-state index contributed by atoms with van der Waals surface area (Å²) in [6, 6.07) is 1.43. The van der Waals surface area contributed by atoms with Gasteiger partial charge in [-0.1, -0.05) is 0 Å². The van der Waals surface area contributed by atoms with Crippen LogP contribution >= 0.6 is 15.9 Å². The topological polar surface area (TPSA) is 38.9 Å². The summed E-state index contributed by atoms with van der Waals surface area (Å²) >= 11 is 3.09. The lowest BCUT2D eigenvalue weighted by Gasteiger charge is -1.99. The molecule has 0 atom stereocenters. The van der Waals surface area contributed by atoms with Crippen molar-refractivity contribution >= 4 is 21.6 Å². The number of rotatable bonds is 0. The minimum absolute atomic E-state index is 0.124. The standard InChI is InChI=1S/C6H6BrFN2/c1-3-6(8)4(9)2-5(7)10-3/h2H,1H3,(H2,9,10). The van der Waals surface area contributed by atoms with Gasteiger partial charge in [0.25, 0.3) is 0 Å². The fourth-order valence-electron chi connectivity index (χ4n) is 0.642. The van der Waals surface area contributed by atoms with Crippen molar-refractivity contribution in [2.45, 2.75) is 6.92 Å². The molecule has 10 heavy (non-hydrogen) atoms. The molecule has 0 fully saturated rings. The summed E-state index contributed by atoms with van der Waals surface area (Å²) in [6.45, 7) is 1.57. The van der Waals surface area contributed by atoms with Crippen LogP contribution < -0.4 is 5.73 Å². The van der Waals surface area contributed by atoms with Crippen LogP contribution in [0, 0.1) is 12.7 Å². The van der Waals surface area contributed by atoms with Crippen LogP contribution in [0.2, 0.25) is 0 Å². The molecule has 2 N–H and O–H groups in total. The Morgan fingerprint density at radius 2 is 2.30 bits per heavy atom. The Bertz CT molecular complexity index is 239. The van der Waals surface area contributed by atoms with Crippen molar-refractivity contribution in [3.8, 4) is 0 Å². The second kappa shape index (κ2) is 2.54. The lowest BCUT2D eigenvalue weighted by atomic mass is 10.3. The zero-order valence-electron chi connectivity index (χ0n) is 5.36. The van der Waals surface area contributed by atoms with E-state index >= 15 is 0 Å². The van der Waals surface area contributed by atoms with E-state index in [-0.39, 0.29) is 5.69 Å². The lowest BCUT2D eigenvalue weighted by molar-refractivity contribution is 0.613. The Hall–Kier alpha value is -0.640. The van der Waals surface area contributed by atoms with Crippen molar-refractivity contribution in [1.82, 2.24) is 4.98 Å². The van der Waals surface area contributed by atoms with Gasteiger partial charge in [-0.3, -0.25) is 0 Å². The van der Waals surface area contributed by atoms with Gasteiger partial charge >= 0.3 is 0 Å². The average molecular weight is 205 g/mol. The van der Waals surface area contributed by atoms with Crippen molar-refractivity contribution in [3.63, 3.8) is 0 Å². The molecule has 2 nitrogen and oxygen atoms in total. The summed E-state index contributed by atoms with van der Waals surface area (Å²) in [4.78, 5) is 3.80. The van der Waals surface area contributed by atoms with Gasteiger partial charge in [0.1, 0.15) is 4.60 Å². The first-order valence-corrected chi connectivity index (χ1v) is 3.48. The maximum Gasteiger partial charge on any atom is 0.167 e. The summed E-state index contributed by atoms with van der Waals surface area (Å²) in [6.07, 6.45) is 0. The minimum Gasteiger partial charge on any atom is -0.396 e. The summed E-state index contributed by atoms with van der Waals surface area (Å²) in [5, 5.41) is 0. The zero-order valence-corrected chi connectivity index (χ0v) is 6.94. The molecule has 0 saturated heterocycles. The second-order valence-electron chi connectivity index (χ2n) is 1.93. The largest absolute Gasteiger partial charge is 0.396 e. The van der Waals surface area contributed by atoms with E-state index < -0.39 is 5.82 Å². The molecule has 0 spiro atoms. The van der Waals surface area contributed by atoms with Crippen molar-refractivity contribution < 1.29 is 4.39 Å². The molecule has 1 rings (SSSR count). The van der Waals surface area contributed by atoms with Gasteiger partial charge in [-0.05, 0) is 28.9 Å². The number of nitrogens with two attached hydrogens (primary N) is 1. The smallest absolute Gasteiger partial charge is 0.167 e. The van der Waals surface area contributed by atoms with Crippen molar-refractivity contribution in [1.29, 1.82) is 0 Å². The van der Waals surface area contributed by atoms with E-state index in [1.165, 1.54) is 6.07 Å². The van der Waals surface area contributed by atoms with Gasteiger partial charge in [0, 0.05) is 0 Å². The number of aryl methyl sites for hydroxylation is 1. The van der Waals surface area contributed by atoms with Gasteiger partial charge in [0.15, 0.2) is 5.82 Å². The third-order valence-electron chi connectivity index (χ3n) is 1.12. The molecule has 0 saturated carbocycles. The number of nitrogen functional groups attached to an aromatic ring is 1. The van der Waals surface area contributed by atoms with Crippen molar-refractivity contribution in [3.05, 3.63) is 22.2 Å². The van der Waals surface area contributed by atoms with Crippen LogP contribution in [-0.4, -0.2) is 4.98 Å². The Balaban J connectivity index is 3.31. The molecule has 54 valence electrons. The highest BCUT2D eigenvalue weighted by Crippen LogP contribution is 2.17. The predicted octanol–water partition coefficient (Wildman–Crippen LogP) is 1.87. The molecule has 0 amide bonds.